The summed E-state index contributed by atoms with van der Waals surface area (Å²) >= 11 is 0. The van der Waals surface area contributed by atoms with Crippen LogP contribution in [0.5, 0.6) is 0 Å². The summed E-state index contributed by atoms with van der Waals surface area (Å²) in [6.07, 6.45) is 2.82. The van der Waals surface area contributed by atoms with E-state index >= 15 is 0 Å². The molecule has 2 aromatic rings. The van der Waals surface area contributed by atoms with Crippen molar-refractivity contribution in [3.05, 3.63) is 71.5 Å². The number of carbonyl (C=O) groups excluding carboxylic acids is 1. The van der Waals surface area contributed by atoms with Gasteiger partial charge in [-0.15, -0.1) is 0 Å². The number of hydrogen-bond donors (Lipinski definition) is 3. The highest BCUT2D eigenvalue weighted by Gasteiger charge is 2.25. The Hall–Kier alpha value is -2.44. The van der Waals surface area contributed by atoms with E-state index < -0.39 is 0 Å². The van der Waals surface area contributed by atoms with Gasteiger partial charge in [-0.1, -0.05) is 42.5 Å². The summed E-state index contributed by atoms with van der Waals surface area (Å²) in [5, 5.41) is 5.90. The van der Waals surface area contributed by atoms with Gasteiger partial charge in [-0.2, -0.15) is 0 Å². The van der Waals surface area contributed by atoms with Crippen molar-refractivity contribution in [1.82, 2.24) is 10.6 Å². The van der Waals surface area contributed by atoms with E-state index in [9.17, 15) is 9.18 Å². The Morgan fingerprint density at radius 1 is 1.18 bits per heavy atom. The Balaban J connectivity index is 1.37. The van der Waals surface area contributed by atoms with Crippen LogP contribution in [-0.2, 0) is 11.2 Å². The molecular weight excluding hydrogens is 357 g/mol. The molecule has 1 fully saturated rings. The van der Waals surface area contributed by atoms with Gasteiger partial charge in [-0.05, 0) is 48.9 Å². The van der Waals surface area contributed by atoms with Gasteiger partial charge >= 0.3 is 6.03 Å². The topological polar surface area (TPSA) is 76.4 Å². The molecule has 1 saturated heterocycles. The Morgan fingerprint density at radius 2 is 1.93 bits per heavy atom. The molecule has 0 aliphatic carbocycles. The van der Waals surface area contributed by atoms with Crippen LogP contribution in [0, 0.1) is 5.82 Å². The van der Waals surface area contributed by atoms with Crippen molar-refractivity contribution >= 4 is 6.03 Å². The monoisotopic (exact) mass is 385 g/mol. The second-order valence-corrected chi connectivity index (χ2v) is 7.27. The van der Waals surface area contributed by atoms with Crippen molar-refractivity contribution in [1.29, 1.82) is 0 Å². The predicted molar refractivity (Wildman–Crippen MR) is 107 cm³/mol. The number of halogens is 1. The van der Waals surface area contributed by atoms with Gasteiger partial charge in [-0.3, -0.25) is 0 Å². The predicted octanol–water partition coefficient (Wildman–Crippen LogP) is 3.31. The third kappa shape index (κ3) is 6.32. The smallest absolute Gasteiger partial charge is 0.315 e. The van der Waals surface area contributed by atoms with Crippen LogP contribution in [0.15, 0.2) is 54.6 Å². The van der Waals surface area contributed by atoms with Crippen molar-refractivity contribution in [2.45, 2.75) is 43.9 Å². The van der Waals surface area contributed by atoms with Crippen LogP contribution in [0.4, 0.5) is 9.18 Å². The summed E-state index contributed by atoms with van der Waals surface area (Å²) in [4.78, 5) is 12.2. The molecule has 0 spiro atoms. The summed E-state index contributed by atoms with van der Waals surface area (Å²) in [5.41, 5.74) is 8.29. The molecule has 0 saturated carbocycles. The van der Waals surface area contributed by atoms with E-state index in [0.717, 1.165) is 18.4 Å². The number of benzene rings is 2. The molecule has 3 atom stereocenters. The fraction of sp³-hybridized carbons (Fsp3) is 0.409. The molecule has 0 radical (unpaired) electrons. The average molecular weight is 385 g/mol. The second kappa shape index (κ2) is 10.2. The van der Waals surface area contributed by atoms with Gasteiger partial charge in [0.25, 0.3) is 0 Å². The fourth-order valence-electron chi connectivity index (χ4n) is 3.46. The summed E-state index contributed by atoms with van der Waals surface area (Å²) < 4.78 is 18.9. The van der Waals surface area contributed by atoms with Crippen molar-refractivity contribution in [3.63, 3.8) is 0 Å². The molecule has 3 unspecified atom stereocenters. The lowest BCUT2D eigenvalue weighted by molar-refractivity contribution is 0.00223. The minimum atomic E-state index is -0.265. The molecule has 0 aromatic heterocycles. The molecule has 150 valence electrons. The molecule has 1 heterocycles. The molecule has 6 heteroatoms. The molecule has 5 nitrogen and oxygen atoms in total. The normalized spacial score (nSPS) is 20.4. The van der Waals surface area contributed by atoms with Gasteiger partial charge < -0.3 is 21.1 Å². The van der Waals surface area contributed by atoms with E-state index in [2.05, 4.69) is 22.8 Å². The standard InChI is InChI=1S/C22H28FN3O2/c23-18-8-6-17(7-9-18)21-15-20(11-13-28-21)26-22(27)25-12-10-19(24)14-16-4-2-1-3-5-16/h1-9,19-21H,10-15,24H2,(H2,25,26,27). The summed E-state index contributed by atoms with van der Waals surface area (Å²) in [5.74, 6) is -0.265. The first-order chi connectivity index (χ1) is 13.6. The number of hydrogen-bond acceptors (Lipinski definition) is 3. The Bertz CT molecular complexity index is 739. The molecule has 3 rings (SSSR count). The Kier molecular flexibility index (Phi) is 7.39. The Morgan fingerprint density at radius 3 is 2.68 bits per heavy atom. The maximum absolute atomic E-state index is 13.1. The largest absolute Gasteiger partial charge is 0.373 e. The van der Waals surface area contributed by atoms with E-state index in [4.69, 9.17) is 10.5 Å². The number of amides is 2. The lowest BCUT2D eigenvalue weighted by Gasteiger charge is -2.30. The number of rotatable bonds is 7. The summed E-state index contributed by atoms with van der Waals surface area (Å²) in [6, 6.07) is 16.3. The lowest BCUT2D eigenvalue weighted by atomic mass is 9.97. The number of nitrogens with two attached hydrogens (primary N) is 1. The maximum Gasteiger partial charge on any atom is 0.315 e. The number of carbonyl (C=O) groups is 1. The lowest BCUT2D eigenvalue weighted by Crippen LogP contribution is -2.45. The minimum Gasteiger partial charge on any atom is -0.373 e. The van der Waals surface area contributed by atoms with E-state index in [0.29, 0.717) is 26.0 Å². The molecular formula is C22H28FN3O2. The van der Waals surface area contributed by atoms with E-state index in [1.54, 1.807) is 12.1 Å². The highest BCUT2D eigenvalue weighted by molar-refractivity contribution is 5.74. The van der Waals surface area contributed by atoms with Crippen LogP contribution >= 0.6 is 0 Å². The molecule has 0 bridgehead atoms. The molecule has 1 aliphatic heterocycles. The fourth-order valence-corrected chi connectivity index (χ4v) is 3.46. The van der Waals surface area contributed by atoms with Gasteiger partial charge in [0, 0.05) is 25.2 Å². The van der Waals surface area contributed by atoms with E-state index in [1.807, 2.05) is 18.2 Å². The van der Waals surface area contributed by atoms with Crippen LogP contribution in [0.25, 0.3) is 0 Å². The van der Waals surface area contributed by atoms with E-state index in [-0.39, 0.29) is 30.0 Å². The molecule has 2 amide bonds. The van der Waals surface area contributed by atoms with Crippen molar-refractivity contribution in [2.24, 2.45) is 5.73 Å². The SMILES string of the molecule is NC(CCNC(=O)NC1CCOC(c2ccc(F)cc2)C1)Cc1ccccc1. The van der Waals surface area contributed by atoms with E-state index in [1.165, 1.54) is 17.7 Å². The van der Waals surface area contributed by atoms with Crippen LogP contribution in [0.1, 0.15) is 36.5 Å². The van der Waals surface area contributed by atoms with Gasteiger partial charge in [-0.25, -0.2) is 9.18 Å². The number of urea groups is 1. The zero-order valence-corrected chi connectivity index (χ0v) is 15.9. The first-order valence-corrected chi connectivity index (χ1v) is 9.81. The summed E-state index contributed by atoms with van der Waals surface area (Å²) in [7, 11) is 0. The average Bonchev–Trinajstić information content (AvgIpc) is 2.69. The Labute approximate surface area is 165 Å². The second-order valence-electron chi connectivity index (χ2n) is 7.27. The van der Waals surface area contributed by atoms with Crippen LogP contribution in [0.2, 0.25) is 0 Å². The maximum atomic E-state index is 13.1. The zero-order chi connectivity index (χ0) is 19.8. The molecule has 1 aliphatic rings. The first-order valence-electron chi connectivity index (χ1n) is 9.81. The summed E-state index contributed by atoms with van der Waals surface area (Å²) in [6.45, 7) is 1.10. The van der Waals surface area contributed by atoms with Crippen LogP contribution in [0.3, 0.4) is 0 Å². The van der Waals surface area contributed by atoms with Crippen molar-refractivity contribution in [3.8, 4) is 0 Å². The first kappa shape index (κ1) is 20.3. The van der Waals surface area contributed by atoms with Gasteiger partial charge in [0.05, 0.1) is 6.10 Å². The van der Waals surface area contributed by atoms with Gasteiger partial charge in [0.1, 0.15) is 5.82 Å². The van der Waals surface area contributed by atoms with Crippen molar-refractivity contribution < 1.29 is 13.9 Å². The third-order valence-electron chi connectivity index (χ3n) is 5.00. The van der Waals surface area contributed by atoms with Crippen LogP contribution in [-0.4, -0.2) is 31.3 Å². The molecule has 2 aromatic carbocycles. The van der Waals surface area contributed by atoms with Gasteiger partial charge in [0.2, 0.25) is 0 Å². The molecule has 28 heavy (non-hydrogen) atoms. The molecule has 4 N–H and O–H groups in total. The zero-order valence-electron chi connectivity index (χ0n) is 15.9. The van der Waals surface area contributed by atoms with Crippen molar-refractivity contribution in [2.75, 3.05) is 13.2 Å². The minimum absolute atomic E-state index is 0.00800. The number of nitrogens with one attached hydrogen (secondary N) is 2. The quantitative estimate of drug-likeness (QED) is 0.684. The third-order valence-corrected chi connectivity index (χ3v) is 5.00. The highest BCUT2D eigenvalue weighted by atomic mass is 19.1. The number of ether oxygens (including phenoxy) is 1. The van der Waals surface area contributed by atoms with Crippen LogP contribution < -0.4 is 16.4 Å². The highest BCUT2D eigenvalue weighted by Crippen LogP contribution is 2.28. The van der Waals surface area contributed by atoms with Gasteiger partial charge in [0.15, 0.2) is 0 Å².